The molecule has 1 aliphatic rings. The highest BCUT2D eigenvalue weighted by atomic mass is 16.5. The second-order valence-electron chi connectivity index (χ2n) is 5.82. The summed E-state index contributed by atoms with van der Waals surface area (Å²) in [6, 6.07) is 6.96. The third kappa shape index (κ3) is 3.95. The van der Waals surface area contributed by atoms with E-state index < -0.39 is 0 Å². The number of rotatable bonds is 7. The second kappa shape index (κ2) is 6.40. The summed E-state index contributed by atoms with van der Waals surface area (Å²) in [5, 5.41) is 0. The molecule has 0 radical (unpaired) electrons. The number of methoxy groups -OCH3 is 1. The third-order valence-corrected chi connectivity index (χ3v) is 3.87. The summed E-state index contributed by atoms with van der Waals surface area (Å²) in [6.45, 7) is 7.31. The van der Waals surface area contributed by atoms with Gasteiger partial charge in [-0.1, -0.05) is 6.07 Å². The summed E-state index contributed by atoms with van der Waals surface area (Å²) in [6.07, 6.45) is 2.81. The minimum absolute atomic E-state index is 0.529. The van der Waals surface area contributed by atoms with Gasteiger partial charge in [0.15, 0.2) is 0 Å². The molecule has 3 nitrogen and oxygen atoms in total. The van der Waals surface area contributed by atoms with Crippen LogP contribution in [-0.2, 0) is 13.1 Å². The summed E-state index contributed by atoms with van der Waals surface area (Å²) < 4.78 is 5.32. The van der Waals surface area contributed by atoms with Gasteiger partial charge >= 0.3 is 0 Å². The van der Waals surface area contributed by atoms with Gasteiger partial charge in [0.1, 0.15) is 5.75 Å². The lowest BCUT2D eigenvalue weighted by molar-refractivity contribution is 0.203. The molecule has 0 aromatic heterocycles. The first-order valence-electron chi connectivity index (χ1n) is 7.24. The fourth-order valence-corrected chi connectivity index (χ4v) is 2.41. The predicted octanol–water partition coefficient (Wildman–Crippen LogP) is 2.77. The first-order valence-corrected chi connectivity index (χ1v) is 7.24. The van der Waals surface area contributed by atoms with Gasteiger partial charge in [-0.25, -0.2) is 0 Å². The minimum atomic E-state index is 0.529. The molecule has 1 aromatic carbocycles. The molecule has 0 saturated heterocycles. The van der Waals surface area contributed by atoms with Crippen LogP contribution in [0.3, 0.4) is 0 Å². The Morgan fingerprint density at radius 1 is 1.37 bits per heavy atom. The standard InChI is InChI=1S/C16H26N2O/c1-12(2)18(10-13-4-5-13)11-14-6-7-16(19-3)15(8-14)9-17/h6-8,12-13H,4-5,9-11,17H2,1-3H3. The van der Waals surface area contributed by atoms with E-state index in [1.165, 1.54) is 24.9 Å². The zero-order valence-corrected chi connectivity index (χ0v) is 12.4. The molecule has 19 heavy (non-hydrogen) atoms. The van der Waals surface area contributed by atoms with E-state index in [4.69, 9.17) is 10.5 Å². The van der Waals surface area contributed by atoms with Crippen LogP contribution in [0.1, 0.15) is 37.8 Å². The first kappa shape index (κ1) is 14.4. The van der Waals surface area contributed by atoms with Crippen LogP contribution in [-0.4, -0.2) is 24.6 Å². The SMILES string of the molecule is COc1ccc(CN(CC2CC2)C(C)C)cc1CN. The summed E-state index contributed by atoms with van der Waals surface area (Å²) in [7, 11) is 1.70. The maximum atomic E-state index is 5.78. The van der Waals surface area contributed by atoms with Gasteiger partial charge in [0.25, 0.3) is 0 Å². The lowest BCUT2D eigenvalue weighted by Crippen LogP contribution is -2.32. The third-order valence-electron chi connectivity index (χ3n) is 3.87. The number of benzene rings is 1. The Kier molecular flexibility index (Phi) is 4.83. The fourth-order valence-electron chi connectivity index (χ4n) is 2.41. The molecule has 1 saturated carbocycles. The molecule has 0 spiro atoms. The van der Waals surface area contributed by atoms with Crippen LogP contribution in [0.25, 0.3) is 0 Å². The molecular weight excluding hydrogens is 236 g/mol. The Labute approximate surface area is 116 Å². The molecule has 0 atom stereocenters. The molecule has 106 valence electrons. The Hall–Kier alpha value is -1.06. The van der Waals surface area contributed by atoms with Crippen molar-refractivity contribution < 1.29 is 4.74 Å². The van der Waals surface area contributed by atoms with Crippen LogP contribution in [0.15, 0.2) is 18.2 Å². The molecule has 2 N–H and O–H groups in total. The molecule has 1 aromatic rings. The Balaban J connectivity index is 2.07. The van der Waals surface area contributed by atoms with E-state index in [0.717, 1.165) is 23.8 Å². The zero-order valence-electron chi connectivity index (χ0n) is 12.4. The van der Waals surface area contributed by atoms with Gasteiger partial charge in [0.05, 0.1) is 7.11 Å². The van der Waals surface area contributed by atoms with E-state index in [1.54, 1.807) is 7.11 Å². The van der Waals surface area contributed by atoms with Gasteiger partial charge < -0.3 is 10.5 Å². The lowest BCUT2D eigenvalue weighted by atomic mass is 10.1. The molecule has 0 heterocycles. The van der Waals surface area contributed by atoms with Gasteiger partial charge in [-0.05, 0) is 50.3 Å². The quantitative estimate of drug-likeness (QED) is 0.821. The Bertz CT molecular complexity index is 413. The Morgan fingerprint density at radius 3 is 2.63 bits per heavy atom. The van der Waals surface area contributed by atoms with E-state index >= 15 is 0 Å². The van der Waals surface area contributed by atoms with Crippen molar-refractivity contribution in [2.24, 2.45) is 11.7 Å². The highest BCUT2D eigenvalue weighted by molar-refractivity contribution is 5.37. The summed E-state index contributed by atoms with van der Waals surface area (Å²) in [4.78, 5) is 2.56. The molecule has 0 unspecified atom stereocenters. The highest BCUT2D eigenvalue weighted by Gasteiger charge is 2.25. The molecule has 1 fully saturated rings. The number of nitrogens with zero attached hydrogens (tertiary/aromatic N) is 1. The van der Waals surface area contributed by atoms with E-state index in [9.17, 15) is 0 Å². The molecule has 0 aliphatic heterocycles. The van der Waals surface area contributed by atoms with Crippen LogP contribution < -0.4 is 10.5 Å². The smallest absolute Gasteiger partial charge is 0.123 e. The maximum Gasteiger partial charge on any atom is 0.123 e. The summed E-state index contributed by atoms with van der Waals surface area (Å²) in [5.74, 6) is 1.82. The second-order valence-corrected chi connectivity index (χ2v) is 5.82. The van der Waals surface area contributed by atoms with Gasteiger partial charge in [0, 0.05) is 31.2 Å². The number of ether oxygens (including phenoxy) is 1. The van der Waals surface area contributed by atoms with Crippen molar-refractivity contribution >= 4 is 0 Å². The van der Waals surface area contributed by atoms with Crippen LogP contribution in [0.4, 0.5) is 0 Å². The van der Waals surface area contributed by atoms with Crippen molar-refractivity contribution in [2.75, 3.05) is 13.7 Å². The number of hydrogen-bond donors (Lipinski definition) is 1. The van der Waals surface area contributed by atoms with Crippen LogP contribution in [0.2, 0.25) is 0 Å². The molecule has 1 aliphatic carbocycles. The fraction of sp³-hybridized carbons (Fsp3) is 0.625. The number of hydrogen-bond acceptors (Lipinski definition) is 3. The van der Waals surface area contributed by atoms with Gasteiger partial charge in [-0.2, -0.15) is 0 Å². The van der Waals surface area contributed by atoms with Crippen LogP contribution in [0, 0.1) is 5.92 Å². The monoisotopic (exact) mass is 262 g/mol. The van der Waals surface area contributed by atoms with Crippen molar-refractivity contribution in [3.63, 3.8) is 0 Å². The average molecular weight is 262 g/mol. The zero-order chi connectivity index (χ0) is 13.8. The van der Waals surface area contributed by atoms with E-state index in [0.29, 0.717) is 12.6 Å². The van der Waals surface area contributed by atoms with Gasteiger partial charge in [-0.3, -0.25) is 4.90 Å². The maximum absolute atomic E-state index is 5.78. The van der Waals surface area contributed by atoms with Gasteiger partial charge in [0.2, 0.25) is 0 Å². The molecule has 0 bridgehead atoms. The molecule has 2 rings (SSSR count). The van der Waals surface area contributed by atoms with Crippen LogP contribution >= 0.6 is 0 Å². The van der Waals surface area contributed by atoms with Gasteiger partial charge in [-0.15, -0.1) is 0 Å². The molecular formula is C16H26N2O. The molecule has 3 heteroatoms. The van der Waals surface area contributed by atoms with E-state index in [-0.39, 0.29) is 0 Å². The van der Waals surface area contributed by atoms with Crippen LogP contribution in [0.5, 0.6) is 5.75 Å². The molecule has 0 amide bonds. The minimum Gasteiger partial charge on any atom is -0.496 e. The average Bonchev–Trinajstić information content (AvgIpc) is 3.21. The normalized spacial score (nSPS) is 15.3. The lowest BCUT2D eigenvalue weighted by Gasteiger charge is -2.27. The van der Waals surface area contributed by atoms with Crippen molar-refractivity contribution in [2.45, 2.75) is 45.8 Å². The summed E-state index contributed by atoms with van der Waals surface area (Å²) in [5.41, 5.74) is 8.20. The van der Waals surface area contributed by atoms with Crippen molar-refractivity contribution in [3.05, 3.63) is 29.3 Å². The predicted molar refractivity (Wildman–Crippen MR) is 79.2 cm³/mol. The topological polar surface area (TPSA) is 38.5 Å². The van der Waals surface area contributed by atoms with Crippen molar-refractivity contribution in [3.8, 4) is 5.75 Å². The highest BCUT2D eigenvalue weighted by Crippen LogP contribution is 2.31. The van der Waals surface area contributed by atoms with Crippen molar-refractivity contribution in [1.29, 1.82) is 0 Å². The van der Waals surface area contributed by atoms with Crippen molar-refractivity contribution in [1.82, 2.24) is 4.90 Å². The first-order chi connectivity index (χ1) is 9.13. The summed E-state index contributed by atoms with van der Waals surface area (Å²) >= 11 is 0. The Morgan fingerprint density at radius 2 is 2.11 bits per heavy atom. The van der Waals surface area contributed by atoms with E-state index in [1.807, 2.05) is 6.07 Å². The van der Waals surface area contributed by atoms with E-state index in [2.05, 4.69) is 30.9 Å². The largest absolute Gasteiger partial charge is 0.496 e. The number of nitrogens with two attached hydrogens (primary N) is 1.